The van der Waals surface area contributed by atoms with Crippen LogP contribution in [0.15, 0.2) is 66.7 Å². The largest absolute Gasteiger partial charge is 0.283 e. The van der Waals surface area contributed by atoms with E-state index < -0.39 is 15.9 Å². The molecule has 0 bridgehead atoms. The van der Waals surface area contributed by atoms with Crippen LogP contribution in [-0.2, 0) is 10.0 Å². The molecule has 0 atom stereocenters. The minimum Gasteiger partial charge on any atom is -0.266 e. The number of nitrogens with zero attached hydrogens (tertiary/aromatic N) is 2. The summed E-state index contributed by atoms with van der Waals surface area (Å²) >= 11 is 0. The molecule has 24 heavy (non-hydrogen) atoms. The zero-order valence-corrected chi connectivity index (χ0v) is 13.7. The van der Waals surface area contributed by atoms with Crippen molar-refractivity contribution in [1.82, 2.24) is 14.5 Å². The molecular formula is C17H15N3O3S. The molecular weight excluding hydrogens is 326 g/mol. The van der Waals surface area contributed by atoms with E-state index in [0.29, 0.717) is 11.4 Å². The van der Waals surface area contributed by atoms with Crippen molar-refractivity contribution in [2.24, 2.45) is 0 Å². The average Bonchev–Trinajstić information content (AvgIpc) is 3.00. The summed E-state index contributed by atoms with van der Waals surface area (Å²) in [5.74, 6) is -0.726. The Hall–Kier alpha value is -2.93. The van der Waals surface area contributed by atoms with Crippen molar-refractivity contribution >= 4 is 15.9 Å². The van der Waals surface area contributed by atoms with Crippen molar-refractivity contribution in [3.63, 3.8) is 0 Å². The van der Waals surface area contributed by atoms with Gasteiger partial charge in [0, 0.05) is 5.56 Å². The van der Waals surface area contributed by atoms with Crippen LogP contribution in [0.4, 0.5) is 0 Å². The first-order valence-corrected chi connectivity index (χ1v) is 9.06. The zero-order valence-electron chi connectivity index (χ0n) is 12.9. The number of hydrogen-bond acceptors (Lipinski definition) is 4. The van der Waals surface area contributed by atoms with Crippen molar-refractivity contribution in [2.75, 3.05) is 6.26 Å². The van der Waals surface area contributed by atoms with Gasteiger partial charge < -0.3 is 0 Å². The Labute approximate surface area is 139 Å². The maximum atomic E-state index is 12.3. The second kappa shape index (κ2) is 6.29. The molecule has 0 aliphatic heterocycles. The summed E-state index contributed by atoms with van der Waals surface area (Å²) in [6, 6.07) is 20.0. The van der Waals surface area contributed by atoms with E-state index in [4.69, 9.17) is 0 Å². The Morgan fingerprint density at radius 3 is 2.17 bits per heavy atom. The molecule has 6 nitrogen and oxygen atoms in total. The molecule has 2 aromatic carbocycles. The van der Waals surface area contributed by atoms with E-state index in [2.05, 4.69) is 5.10 Å². The molecule has 1 aromatic heterocycles. The highest BCUT2D eigenvalue weighted by atomic mass is 32.2. The van der Waals surface area contributed by atoms with Gasteiger partial charge in [0.2, 0.25) is 10.0 Å². The molecule has 0 saturated heterocycles. The van der Waals surface area contributed by atoms with E-state index in [1.54, 1.807) is 18.2 Å². The molecule has 0 unspecified atom stereocenters. The first kappa shape index (κ1) is 15.9. The number of benzene rings is 2. The lowest BCUT2D eigenvalue weighted by atomic mass is 10.1. The topological polar surface area (TPSA) is 81.1 Å². The fraction of sp³-hybridized carbons (Fsp3) is 0.0588. The molecule has 122 valence electrons. The SMILES string of the molecule is CS(=O)(=O)NC(=O)c1cc(-c2ccccc2)nn1-c1ccccc1. The van der Waals surface area contributed by atoms with Crippen LogP contribution in [0, 0.1) is 0 Å². The Kier molecular flexibility index (Phi) is 4.18. The highest BCUT2D eigenvalue weighted by Gasteiger charge is 2.20. The predicted molar refractivity (Wildman–Crippen MR) is 91.3 cm³/mol. The normalized spacial score (nSPS) is 11.2. The van der Waals surface area contributed by atoms with E-state index in [1.165, 1.54) is 4.68 Å². The third-order valence-electron chi connectivity index (χ3n) is 3.29. The minimum atomic E-state index is -3.67. The number of hydrogen-bond donors (Lipinski definition) is 1. The Bertz CT molecular complexity index is 965. The molecule has 3 rings (SSSR count). The summed E-state index contributed by atoms with van der Waals surface area (Å²) in [6.45, 7) is 0. The van der Waals surface area contributed by atoms with Crippen LogP contribution in [0.2, 0.25) is 0 Å². The van der Waals surface area contributed by atoms with Gasteiger partial charge in [-0.05, 0) is 18.2 Å². The number of rotatable bonds is 4. The van der Waals surface area contributed by atoms with Gasteiger partial charge in [-0.1, -0.05) is 48.5 Å². The van der Waals surface area contributed by atoms with Crippen molar-refractivity contribution in [2.45, 2.75) is 0 Å². The van der Waals surface area contributed by atoms with Crippen LogP contribution in [0.25, 0.3) is 16.9 Å². The van der Waals surface area contributed by atoms with Gasteiger partial charge >= 0.3 is 0 Å². The summed E-state index contributed by atoms with van der Waals surface area (Å²) < 4.78 is 26.2. The molecule has 1 amide bonds. The number of aromatic nitrogens is 2. The van der Waals surface area contributed by atoms with Gasteiger partial charge in [0.05, 0.1) is 17.6 Å². The third kappa shape index (κ3) is 3.52. The zero-order chi connectivity index (χ0) is 17.2. The minimum absolute atomic E-state index is 0.144. The average molecular weight is 341 g/mol. The first-order chi connectivity index (χ1) is 11.4. The summed E-state index contributed by atoms with van der Waals surface area (Å²) in [5.41, 5.74) is 2.22. The second-order valence-corrected chi connectivity index (χ2v) is 6.98. The number of nitrogens with one attached hydrogen (secondary N) is 1. The molecule has 0 spiro atoms. The second-order valence-electron chi connectivity index (χ2n) is 5.23. The number of carbonyl (C=O) groups is 1. The van der Waals surface area contributed by atoms with Gasteiger partial charge in [0.1, 0.15) is 5.69 Å². The van der Waals surface area contributed by atoms with E-state index in [0.717, 1.165) is 11.8 Å². The van der Waals surface area contributed by atoms with Crippen LogP contribution in [-0.4, -0.2) is 30.4 Å². The van der Waals surface area contributed by atoms with Gasteiger partial charge in [0.25, 0.3) is 5.91 Å². The molecule has 0 radical (unpaired) electrons. The predicted octanol–water partition coefficient (Wildman–Crippen LogP) is 2.23. The highest BCUT2D eigenvalue weighted by Crippen LogP contribution is 2.21. The lowest BCUT2D eigenvalue weighted by Gasteiger charge is -2.06. The molecule has 0 fully saturated rings. The maximum absolute atomic E-state index is 12.3. The number of sulfonamides is 1. The van der Waals surface area contributed by atoms with Crippen LogP contribution >= 0.6 is 0 Å². The van der Waals surface area contributed by atoms with Crippen LogP contribution < -0.4 is 4.72 Å². The van der Waals surface area contributed by atoms with Gasteiger partial charge in [-0.2, -0.15) is 5.10 Å². The Morgan fingerprint density at radius 1 is 1.00 bits per heavy atom. The molecule has 0 aliphatic rings. The lowest BCUT2D eigenvalue weighted by molar-refractivity contribution is 0.0974. The van der Waals surface area contributed by atoms with E-state index >= 15 is 0 Å². The molecule has 1 N–H and O–H groups in total. The molecule has 3 aromatic rings. The van der Waals surface area contributed by atoms with Crippen molar-refractivity contribution in [3.8, 4) is 16.9 Å². The van der Waals surface area contributed by atoms with Crippen LogP contribution in [0.1, 0.15) is 10.5 Å². The van der Waals surface area contributed by atoms with Crippen molar-refractivity contribution in [1.29, 1.82) is 0 Å². The Balaban J connectivity index is 2.12. The molecule has 1 heterocycles. The summed E-state index contributed by atoms with van der Waals surface area (Å²) in [6.07, 6.45) is 0.937. The maximum Gasteiger partial charge on any atom is 0.283 e. The first-order valence-electron chi connectivity index (χ1n) is 7.17. The molecule has 7 heteroatoms. The van der Waals surface area contributed by atoms with Crippen LogP contribution in [0.5, 0.6) is 0 Å². The highest BCUT2D eigenvalue weighted by molar-refractivity contribution is 7.89. The van der Waals surface area contributed by atoms with Crippen molar-refractivity contribution < 1.29 is 13.2 Å². The quantitative estimate of drug-likeness (QED) is 0.789. The molecule has 0 aliphatic carbocycles. The van der Waals surface area contributed by atoms with E-state index in [1.807, 2.05) is 53.3 Å². The van der Waals surface area contributed by atoms with Gasteiger partial charge in [-0.15, -0.1) is 0 Å². The van der Waals surface area contributed by atoms with E-state index in [-0.39, 0.29) is 5.69 Å². The van der Waals surface area contributed by atoms with Gasteiger partial charge in [-0.25, -0.2) is 17.8 Å². The summed E-state index contributed by atoms with van der Waals surface area (Å²) in [5, 5.41) is 4.46. The molecule has 0 saturated carbocycles. The number of amides is 1. The van der Waals surface area contributed by atoms with E-state index in [9.17, 15) is 13.2 Å². The summed E-state index contributed by atoms with van der Waals surface area (Å²) in [4.78, 5) is 12.3. The fourth-order valence-corrected chi connectivity index (χ4v) is 2.72. The van der Waals surface area contributed by atoms with Gasteiger partial charge in [-0.3, -0.25) is 4.79 Å². The lowest BCUT2D eigenvalue weighted by Crippen LogP contribution is -2.31. The van der Waals surface area contributed by atoms with Crippen LogP contribution in [0.3, 0.4) is 0 Å². The Morgan fingerprint density at radius 2 is 1.58 bits per heavy atom. The monoisotopic (exact) mass is 341 g/mol. The van der Waals surface area contributed by atoms with Crippen molar-refractivity contribution in [3.05, 3.63) is 72.4 Å². The summed E-state index contributed by atoms with van der Waals surface area (Å²) in [7, 11) is -3.67. The fourth-order valence-electron chi connectivity index (χ4n) is 2.28. The number of para-hydroxylation sites is 1. The third-order valence-corrected chi connectivity index (χ3v) is 3.85. The smallest absolute Gasteiger partial charge is 0.266 e. The van der Waals surface area contributed by atoms with Gasteiger partial charge in [0.15, 0.2) is 0 Å². The standard InChI is InChI=1S/C17H15N3O3S/c1-24(22,23)19-17(21)16-12-15(13-8-4-2-5-9-13)18-20(16)14-10-6-3-7-11-14/h2-12H,1H3,(H,19,21). The number of carbonyl (C=O) groups excluding carboxylic acids is 1.